The predicted molar refractivity (Wildman–Crippen MR) is 189 cm³/mol. The first kappa shape index (κ1) is 26.6. The number of hydrogen-bond donors (Lipinski definition) is 1. The summed E-state index contributed by atoms with van der Waals surface area (Å²) in [5.74, 6) is 0.949. The Kier molecular flexibility index (Phi) is 5.88. The zero-order valence-corrected chi connectivity index (χ0v) is 25.8. The lowest BCUT2D eigenvalue weighted by atomic mass is 9.81. The fraction of sp³-hybridized carbons (Fsp3) is 0.0952. The molecule has 0 spiro atoms. The van der Waals surface area contributed by atoms with Crippen LogP contribution < -0.4 is 5.32 Å². The number of anilines is 1. The van der Waals surface area contributed by atoms with Crippen LogP contribution in [0.3, 0.4) is 0 Å². The first-order valence-corrected chi connectivity index (χ1v) is 15.9. The van der Waals surface area contributed by atoms with Crippen LogP contribution in [-0.4, -0.2) is 15.3 Å². The number of aliphatic imine (C=N–C) groups is 1. The second-order valence-electron chi connectivity index (χ2n) is 12.7. The highest BCUT2D eigenvalue weighted by Gasteiger charge is 2.39. The van der Waals surface area contributed by atoms with E-state index in [9.17, 15) is 0 Å². The van der Waals surface area contributed by atoms with Gasteiger partial charge in [0.25, 0.3) is 0 Å². The number of hydrogen-bond acceptors (Lipinski definition) is 3. The minimum atomic E-state index is -0.219. The van der Waals surface area contributed by atoms with Crippen LogP contribution in [0.1, 0.15) is 47.8 Å². The van der Waals surface area contributed by atoms with Gasteiger partial charge in [0, 0.05) is 39.0 Å². The maximum absolute atomic E-state index is 5.39. The maximum atomic E-state index is 5.39. The number of aromatic nitrogens is 2. The van der Waals surface area contributed by atoms with E-state index in [4.69, 9.17) is 9.98 Å². The molecule has 0 saturated carbocycles. The van der Waals surface area contributed by atoms with E-state index < -0.39 is 0 Å². The number of imidazole rings is 1. The van der Waals surface area contributed by atoms with Gasteiger partial charge >= 0.3 is 0 Å². The van der Waals surface area contributed by atoms with Gasteiger partial charge in [-0.25, -0.2) is 4.98 Å². The summed E-state index contributed by atoms with van der Waals surface area (Å²) < 4.78 is 2.28. The fourth-order valence-corrected chi connectivity index (χ4v) is 7.41. The molecule has 0 bridgehead atoms. The molecule has 1 N–H and O–H groups in total. The summed E-state index contributed by atoms with van der Waals surface area (Å²) in [6.45, 7) is 4.68. The van der Waals surface area contributed by atoms with Crippen molar-refractivity contribution in [1.29, 1.82) is 0 Å². The van der Waals surface area contributed by atoms with Crippen LogP contribution in [-0.2, 0) is 5.41 Å². The van der Waals surface area contributed by atoms with Gasteiger partial charge in [0.1, 0.15) is 12.0 Å². The Hall–Kier alpha value is -5.74. The highest BCUT2D eigenvalue weighted by molar-refractivity contribution is 6.17. The van der Waals surface area contributed by atoms with Gasteiger partial charge in [-0.2, -0.15) is 0 Å². The third-order valence-corrected chi connectivity index (χ3v) is 9.64. The molecule has 1 aromatic heterocycles. The molecule has 7 aromatic rings. The molecule has 220 valence electrons. The van der Waals surface area contributed by atoms with Gasteiger partial charge in [0.2, 0.25) is 0 Å². The van der Waals surface area contributed by atoms with Crippen LogP contribution >= 0.6 is 0 Å². The molecule has 4 heteroatoms. The van der Waals surface area contributed by atoms with Gasteiger partial charge in [0.05, 0.1) is 16.7 Å². The Labute approximate surface area is 268 Å². The summed E-state index contributed by atoms with van der Waals surface area (Å²) in [5.41, 5.74) is 14.8. The molecule has 1 atom stereocenters. The summed E-state index contributed by atoms with van der Waals surface area (Å²) >= 11 is 0. The topological polar surface area (TPSA) is 42.2 Å². The molecule has 2 aliphatic rings. The molecule has 2 heterocycles. The molecule has 46 heavy (non-hydrogen) atoms. The fourth-order valence-electron chi connectivity index (χ4n) is 7.41. The molecule has 4 nitrogen and oxygen atoms in total. The molecule has 1 aliphatic heterocycles. The van der Waals surface area contributed by atoms with Crippen molar-refractivity contribution in [3.8, 4) is 28.2 Å². The van der Waals surface area contributed by atoms with Crippen molar-refractivity contribution in [2.24, 2.45) is 4.99 Å². The highest BCUT2D eigenvalue weighted by Crippen LogP contribution is 2.52. The monoisotopic (exact) mass is 592 g/mol. The van der Waals surface area contributed by atoms with E-state index in [-0.39, 0.29) is 11.6 Å². The molecule has 1 unspecified atom stereocenters. The van der Waals surface area contributed by atoms with Gasteiger partial charge in [-0.15, -0.1) is 0 Å². The second kappa shape index (κ2) is 10.1. The van der Waals surface area contributed by atoms with Gasteiger partial charge in [0.15, 0.2) is 0 Å². The van der Waals surface area contributed by atoms with E-state index >= 15 is 0 Å². The van der Waals surface area contributed by atoms with Gasteiger partial charge in [-0.1, -0.05) is 123 Å². The lowest BCUT2D eigenvalue weighted by molar-refractivity contribution is 0.659. The third kappa shape index (κ3) is 4.00. The average Bonchev–Trinajstić information content (AvgIpc) is 3.61. The second-order valence-corrected chi connectivity index (χ2v) is 12.7. The molecule has 1 aliphatic carbocycles. The van der Waals surface area contributed by atoms with Gasteiger partial charge in [-0.05, 0) is 58.7 Å². The van der Waals surface area contributed by atoms with Gasteiger partial charge < -0.3 is 5.32 Å². The van der Waals surface area contributed by atoms with Crippen LogP contribution in [0.15, 0.2) is 151 Å². The van der Waals surface area contributed by atoms with Crippen LogP contribution in [0.25, 0.3) is 39.2 Å². The summed E-state index contributed by atoms with van der Waals surface area (Å²) in [6.07, 6.45) is -0.219. The number of nitrogens with one attached hydrogen (secondary N) is 1. The Balaban J connectivity index is 1.21. The first-order chi connectivity index (χ1) is 22.6. The van der Waals surface area contributed by atoms with Crippen molar-refractivity contribution in [3.05, 3.63) is 173 Å². The Bertz CT molecular complexity index is 2310. The first-order valence-electron chi connectivity index (χ1n) is 15.9. The Morgan fingerprint density at radius 1 is 0.630 bits per heavy atom. The number of rotatable bonds is 4. The van der Waals surface area contributed by atoms with Crippen molar-refractivity contribution in [2.45, 2.75) is 25.4 Å². The molecular weight excluding hydrogens is 560 g/mol. The summed E-state index contributed by atoms with van der Waals surface area (Å²) in [6, 6.07) is 51.5. The summed E-state index contributed by atoms with van der Waals surface area (Å²) in [7, 11) is 0. The van der Waals surface area contributed by atoms with Crippen LogP contribution in [0.2, 0.25) is 0 Å². The lowest BCUT2D eigenvalue weighted by Crippen LogP contribution is -2.21. The molecule has 0 saturated heterocycles. The SMILES string of the molecule is CC1(C)c2cc(-c3nc4ccccc4n3-c3ccccc3)ccc2-c2c(C3N=C(c4ccccc4)c4ccccc4N3)cccc21. The van der Waals surface area contributed by atoms with Crippen molar-refractivity contribution >= 4 is 22.4 Å². The van der Waals surface area contributed by atoms with E-state index in [0.29, 0.717) is 0 Å². The van der Waals surface area contributed by atoms with Crippen molar-refractivity contribution < 1.29 is 0 Å². The number of fused-ring (bicyclic) bond motifs is 5. The zero-order chi connectivity index (χ0) is 30.8. The van der Waals surface area contributed by atoms with Crippen molar-refractivity contribution in [2.75, 3.05) is 5.32 Å². The Morgan fingerprint density at radius 3 is 2.22 bits per heavy atom. The normalized spacial score (nSPS) is 15.9. The molecule has 9 rings (SSSR count). The summed E-state index contributed by atoms with van der Waals surface area (Å²) in [4.78, 5) is 10.6. The van der Waals surface area contributed by atoms with Crippen LogP contribution in [0, 0.1) is 0 Å². The standard InChI is InChI=1S/C42H32N4/c1-42(2)33-20-13-19-32(40-43-35-21-10-9-18-31(35)39(45-40)27-14-5-3-6-15-27)38(33)30-25-24-28(26-34(30)42)41-44-36-22-11-12-23-37(36)46(41)29-16-7-4-8-17-29/h3-26,40,43H,1-2H3. The smallest absolute Gasteiger partial charge is 0.146 e. The van der Waals surface area contributed by atoms with E-state index in [2.05, 4.69) is 169 Å². The van der Waals surface area contributed by atoms with E-state index in [0.717, 1.165) is 50.6 Å². The zero-order valence-electron chi connectivity index (χ0n) is 25.8. The number of benzene rings is 6. The number of nitrogens with zero attached hydrogens (tertiary/aromatic N) is 3. The molecule has 0 fully saturated rings. The van der Waals surface area contributed by atoms with Crippen LogP contribution in [0.5, 0.6) is 0 Å². The van der Waals surface area contributed by atoms with E-state index in [1.165, 1.54) is 27.8 Å². The van der Waals surface area contributed by atoms with Crippen molar-refractivity contribution in [3.63, 3.8) is 0 Å². The minimum absolute atomic E-state index is 0.196. The minimum Gasteiger partial charge on any atom is -0.359 e. The predicted octanol–water partition coefficient (Wildman–Crippen LogP) is 9.96. The quantitative estimate of drug-likeness (QED) is 0.221. The Morgan fingerprint density at radius 2 is 1.37 bits per heavy atom. The molecule has 0 radical (unpaired) electrons. The number of para-hydroxylation sites is 4. The highest BCUT2D eigenvalue weighted by atomic mass is 15.1. The maximum Gasteiger partial charge on any atom is 0.146 e. The van der Waals surface area contributed by atoms with Gasteiger partial charge in [-0.3, -0.25) is 9.56 Å². The third-order valence-electron chi connectivity index (χ3n) is 9.64. The largest absolute Gasteiger partial charge is 0.359 e. The summed E-state index contributed by atoms with van der Waals surface area (Å²) in [5, 5.41) is 3.78. The van der Waals surface area contributed by atoms with Crippen LogP contribution in [0.4, 0.5) is 5.69 Å². The average molecular weight is 593 g/mol. The lowest BCUT2D eigenvalue weighted by Gasteiger charge is -2.28. The molecular formula is C42H32N4. The molecule has 0 amide bonds. The molecule has 6 aromatic carbocycles. The van der Waals surface area contributed by atoms with E-state index in [1.807, 2.05) is 0 Å². The van der Waals surface area contributed by atoms with Crippen molar-refractivity contribution in [1.82, 2.24) is 9.55 Å². The van der Waals surface area contributed by atoms with E-state index in [1.54, 1.807) is 0 Å².